The van der Waals surface area contributed by atoms with Gasteiger partial charge in [-0.05, 0) is 38.0 Å². The summed E-state index contributed by atoms with van der Waals surface area (Å²) in [7, 11) is 0. The molecule has 0 unspecified atom stereocenters. The van der Waals surface area contributed by atoms with Crippen LogP contribution in [0.3, 0.4) is 0 Å². The van der Waals surface area contributed by atoms with E-state index in [2.05, 4.69) is 29.4 Å². The van der Waals surface area contributed by atoms with Crippen molar-refractivity contribution in [3.63, 3.8) is 0 Å². The first-order valence-electron chi connectivity index (χ1n) is 8.04. The average molecular weight is 312 g/mol. The normalized spacial score (nSPS) is 26.3. The fourth-order valence-electron chi connectivity index (χ4n) is 4.08. The summed E-state index contributed by atoms with van der Waals surface area (Å²) in [6.07, 6.45) is 4.88. The third kappa shape index (κ3) is 2.45. The van der Waals surface area contributed by atoms with Crippen molar-refractivity contribution in [1.82, 2.24) is 4.98 Å². The Labute approximate surface area is 134 Å². The minimum atomic E-state index is 0.181. The van der Waals surface area contributed by atoms with Crippen LogP contribution in [-0.2, 0) is 4.79 Å². The molecular weight excluding hydrogens is 292 g/mol. The molecule has 0 saturated heterocycles. The molecule has 22 heavy (non-hydrogen) atoms. The monoisotopic (exact) mass is 312 g/mol. The number of anilines is 1. The Bertz CT molecular complexity index is 694. The highest BCUT2D eigenvalue weighted by molar-refractivity contribution is 7.16. The molecule has 2 fully saturated rings. The van der Waals surface area contributed by atoms with Crippen LogP contribution in [0.4, 0.5) is 5.13 Å². The maximum Gasteiger partial charge on any atom is 0.229 e. The number of hydrogen-bond acceptors (Lipinski definition) is 3. The predicted molar refractivity (Wildman–Crippen MR) is 89.9 cm³/mol. The van der Waals surface area contributed by atoms with Gasteiger partial charge >= 0.3 is 0 Å². The number of fused-ring (bicyclic) bond motifs is 2. The number of aromatic nitrogens is 1. The highest BCUT2D eigenvalue weighted by atomic mass is 32.1. The number of amides is 1. The Morgan fingerprint density at radius 3 is 2.73 bits per heavy atom. The number of rotatable bonds is 3. The van der Waals surface area contributed by atoms with E-state index in [0.29, 0.717) is 5.92 Å². The van der Waals surface area contributed by atoms with E-state index in [-0.39, 0.29) is 11.8 Å². The number of carbonyl (C=O) groups excluding carboxylic acids is 1. The molecule has 1 heterocycles. The first-order valence-corrected chi connectivity index (χ1v) is 8.86. The Kier molecular flexibility index (Phi) is 3.49. The van der Waals surface area contributed by atoms with Crippen LogP contribution in [0.2, 0.25) is 0 Å². The van der Waals surface area contributed by atoms with Gasteiger partial charge in [-0.1, -0.05) is 36.8 Å². The van der Waals surface area contributed by atoms with Crippen molar-refractivity contribution in [2.75, 3.05) is 5.32 Å². The Hall–Kier alpha value is -1.68. The molecule has 2 aliphatic carbocycles. The maximum atomic E-state index is 12.5. The van der Waals surface area contributed by atoms with Gasteiger partial charge < -0.3 is 5.32 Å². The van der Waals surface area contributed by atoms with Gasteiger partial charge in [-0.2, -0.15) is 0 Å². The lowest BCUT2D eigenvalue weighted by atomic mass is 9.88. The SMILES string of the molecule is Cc1sc(NC(=O)[C@H]2C[C@H]3CC[C@H]2C3)nc1-c1ccccc1. The number of nitrogens with zero attached hydrogens (tertiary/aromatic N) is 1. The van der Waals surface area contributed by atoms with E-state index in [4.69, 9.17) is 0 Å². The van der Waals surface area contributed by atoms with Gasteiger partial charge in [0.1, 0.15) is 0 Å². The van der Waals surface area contributed by atoms with Crippen molar-refractivity contribution >= 4 is 22.4 Å². The van der Waals surface area contributed by atoms with Crippen LogP contribution in [-0.4, -0.2) is 10.9 Å². The molecule has 114 valence electrons. The smallest absolute Gasteiger partial charge is 0.229 e. The summed E-state index contributed by atoms with van der Waals surface area (Å²) in [6, 6.07) is 10.2. The first kappa shape index (κ1) is 13.9. The van der Waals surface area contributed by atoms with Gasteiger partial charge in [-0.3, -0.25) is 4.79 Å². The largest absolute Gasteiger partial charge is 0.302 e. The molecule has 2 aliphatic rings. The highest BCUT2D eigenvalue weighted by Crippen LogP contribution is 2.48. The van der Waals surface area contributed by atoms with E-state index in [9.17, 15) is 4.79 Å². The lowest BCUT2D eigenvalue weighted by Crippen LogP contribution is -2.27. The zero-order valence-electron chi connectivity index (χ0n) is 12.7. The number of carbonyl (C=O) groups is 1. The van der Waals surface area contributed by atoms with Gasteiger partial charge in [0.2, 0.25) is 5.91 Å². The number of nitrogens with one attached hydrogen (secondary N) is 1. The molecule has 0 radical (unpaired) electrons. The Morgan fingerprint density at radius 2 is 2.05 bits per heavy atom. The fourth-order valence-corrected chi connectivity index (χ4v) is 4.92. The predicted octanol–water partition coefficient (Wildman–Crippen LogP) is 4.49. The molecule has 1 amide bonds. The third-order valence-corrected chi connectivity index (χ3v) is 6.04. The third-order valence-electron chi connectivity index (χ3n) is 5.15. The summed E-state index contributed by atoms with van der Waals surface area (Å²) in [5.41, 5.74) is 2.09. The van der Waals surface area contributed by atoms with Gasteiger partial charge in [0, 0.05) is 16.4 Å². The van der Waals surface area contributed by atoms with Crippen molar-refractivity contribution in [1.29, 1.82) is 0 Å². The summed E-state index contributed by atoms with van der Waals surface area (Å²) in [4.78, 5) is 18.3. The average Bonchev–Trinajstić information content (AvgIpc) is 3.23. The second-order valence-corrected chi connectivity index (χ2v) is 7.76. The molecule has 0 spiro atoms. The van der Waals surface area contributed by atoms with E-state index < -0.39 is 0 Å². The summed E-state index contributed by atoms with van der Waals surface area (Å²) < 4.78 is 0. The van der Waals surface area contributed by atoms with Gasteiger partial charge in [0.15, 0.2) is 5.13 Å². The van der Waals surface area contributed by atoms with Crippen molar-refractivity contribution in [2.24, 2.45) is 17.8 Å². The topological polar surface area (TPSA) is 42.0 Å². The molecule has 1 aromatic heterocycles. The van der Waals surface area contributed by atoms with Gasteiger partial charge in [-0.25, -0.2) is 4.98 Å². The second-order valence-electron chi connectivity index (χ2n) is 6.56. The summed E-state index contributed by atoms with van der Waals surface area (Å²) >= 11 is 1.57. The van der Waals surface area contributed by atoms with E-state index >= 15 is 0 Å². The lowest BCUT2D eigenvalue weighted by Gasteiger charge is -2.19. The molecule has 1 aromatic carbocycles. The van der Waals surface area contributed by atoms with Crippen LogP contribution in [0, 0.1) is 24.7 Å². The molecular formula is C18H20N2OS. The molecule has 1 N–H and O–H groups in total. The van der Waals surface area contributed by atoms with Crippen LogP contribution >= 0.6 is 11.3 Å². The number of benzene rings is 1. The number of thiazole rings is 1. The molecule has 3 nitrogen and oxygen atoms in total. The minimum absolute atomic E-state index is 0.181. The summed E-state index contributed by atoms with van der Waals surface area (Å²) in [5, 5.41) is 3.81. The molecule has 2 saturated carbocycles. The van der Waals surface area contributed by atoms with Crippen LogP contribution in [0.1, 0.15) is 30.6 Å². The summed E-state index contributed by atoms with van der Waals surface area (Å²) in [6.45, 7) is 2.06. The first-order chi connectivity index (χ1) is 10.7. The van der Waals surface area contributed by atoms with Crippen molar-refractivity contribution in [2.45, 2.75) is 32.6 Å². The molecule has 0 aliphatic heterocycles. The van der Waals surface area contributed by atoms with Crippen LogP contribution < -0.4 is 5.32 Å². The molecule has 4 rings (SSSR count). The van der Waals surface area contributed by atoms with Crippen molar-refractivity contribution in [3.05, 3.63) is 35.2 Å². The standard InChI is InChI=1S/C18H20N2OS/c1-11-16(13-5-3-2-4-6-13)19-18(22-11)20-17(21)15-10-12-7-8-14(15)9-12/h2-6,12,14-15H,7-10H2,1H3,(H,19,20,21)/t12-,14-,15-/m0/s1. The van der Waals surface area contributed by atoms with Crippen molar-refractivity contribution in [3.8, 4) is 11.3 Å². The fraction of sp³-hybridized carbons (Fsp3) is 0.444. The van der Waals surface area contributed by atoms with Gasteiger partial charge in [0.25, 0.3) is 0 Å². The van der Waals surface area contributed by atoms with E-state index in [0.717, 1.165) is 33.6 Å². The molecule has 4 heteroatoms. The highest BCUT2D eigenvalue weighted by Gasteiger charge is 2.43. The quantitative estimate of drug-likeness (QED) is 0.907. The van der Waals surface area contributed by atoms with Gasteiger partial charge in [0.05, 0.1) is 5.69 Å². The Morgan fingerprint density at radius 1 is 1.23 bits per heavy atom. The minimum Gasteiger partial charge on any atom is -0.302 e. The lowest BCUT2D eigenvalue weighted by molar-refractivity contribution is -0.121. The van der Waals surface area contributed by atoms with E-state index in [1.807, 2.05) is 18.2 Å². The van der Waals surface area contributed by atoms with E-state index in [1.165, 1.54) is 19.3 Å². The Balaban J connectivity index is 1.51. The van der Waals surface area contributed by atoms with Crippen molar-refractivity contribution < 1.29 is 4.79 Å². The van der Waals surface area contributed by atoms with Crippen LogP contribution in [0.15, 0.2) is 30.3 Å². The number of hydrogen-bond donors (Lipinski definition) is 1. The van der Waals surface area contributed by atoms with Crippen LogP contribution in [0.25, 0.3) is 11.3 Å². The second kappa shape index (κ2) is 5.51. The van der Waals surface area contributed by atoms with Gasteiger partial charge in [-0.15, -0.1) is 11.3 Å². The summed E-state index contributed by atoms with van der Waals surface area (Å²) in [5.74, 6) is 1.79. The molecule has 3 atom stereocenters. The zero-order chi connectivity index (χ0) is 15.1. The van der Waals surface area contributed by atoms with Crippen LogP contribution in [0.5, 0.6) is 0 Å². The molecule has 2 bridgehead atoms. The van der Waals surface area contributed by atoms with E-state index in [1.54, 1.807) is 11.3 Å². The zero-order valence-corrected chi connectivity index (χ0v) is 13.5. The number of aryl methyl sites for hydroxylation is 1. The maximum absolute atomic E-state index is 12.5. The molecule has 2 aromatic rings.